The fraction of sp³-hybridized carbons (Fsp3) is 0.308. The van der Waals surface area contributed by atoms with Crippen LogP contribution in [0.15, 0.2) is 91.0 Å². The Morgan fingerprint density at radius 3 is 1.38 bits per heavy atom. The van der Waals surface area contributed by atoms with Gasteiger partial charge in [0.25, 0.3) is 0 Å². The average molecular weight is 515 g/mol. The second-order valence-corrected chi connectivity index (χ2v) is 11.0. The molecule has 152 valence electrons. The molecule has 1 aliphatic carbocycles. The summed E-state index contributed by atoms with van der Waals surface area (Å²) in [5.41, 5.74) is 0. The highest BCUT2D eigenvalue weighted by Crippen LogP contribution is 2.60. The van der Waals surface area contributed by atoms with Crippen LogP contribution in [0.25, 0.3) is 0 Å². The van der Waals surface area contributed by atoms with Crippen molar-refractivity contribution in [3.63, 3.8) is 0 Å². The maximum absolute atomic E-state index is 2.89. The molecule has 0 heterocycles. The molecule has 29 heavy (non-hydrogen) atoms. The number of hydrogen-bond acceptors (Lipinski definition) is 1. The lowest BCUT2D eigenvalue weighted by Gasteiger charge is -2.42. The van der Waals surface area contributed by atoms with Crippen LogP contribution in [0.3, 0.4) is 0 Å². The van der Waals surface area contributed by atoms with Gasteiger partial charge in [-0.3, -0.25) is 0 Å². The summed E-state index contributed by atoms with van der Waals surface area (Å²) >= 11 is 0. The summed E-state index contributed by atoms with van der Waals surface area (Å²) in [7, 11) is -1.90. The lowest BCUT2D eigenvalue weighted by Crippen LogP contribution is -3.00. The molecular weight excluding hydrogens is 484 g/mol. The van der Waals surface area contributed by atoms with Crippen LogP contribution < -0.4 is 39.9 Å². The highest BCUT2D eigenvalue weighted by Gasteiger charge is 2.53. The molecule has 0 N–H and O–H groups in total. The van der Waals surface area contributed by atoms with E-state index in [0.29, 0.717) is 6.04 Å². The highest BCUT2D eigenvalue weighted by molar-refractivity contribution is 7.93. The largest absolute Gasteiger partial charge is 1.00 e. The third-order valence-electron chi connectivity index (χ3n) is 6.10. The summed E-state index contributed by atoms with van der Waals surface area (Å²) < 4.78 is 2.89. The minimum atomic E-state index is -1.90. The van der Waals surface area contributed by atoms with Crippen LogP contribution in [-0.4, -0.2) is 17.3 Å². The lowest BCUT2D eigenvalue weighted by atomic mass is 9.95. The van der Waals surface area contributed by atoms with Crippen LogP contribution in [0.4, 0.5) is 0 Å². The van der Waals surface area contributed by atoms with Gasteiger partial charge in [-0.2, -0.15) is 4.67 Å². The van der Waals surface area contributed by atoms with Crippen molar-refractivity contribution in [2.24, 2.45) is 0 Å². The van der Waals surface area contributed by atoms with E-state index in [1.807, 2.05) is 0 Å². The zero-order chi connectivity index (χ0) is 19.2. The fourth-order valence-corrected chi connectivity index (χ4v) is 9.66. The summed E-state index contributed by atoms with van der Waals surface area (Å²) in [4.78, 5) is 0. The molecular formula is C26H31INP. The van der Waals surface area contributed by atoms with Crippen LogP contribution in [0.2, 0.25) is 0 Å². The minimum Gasteiger partial charge on any atom is -1.00 e. The molecule has 3 heteroatoms. The summed E-state index contributed by atoms with van der Waals surface area (Å²) in [6, 6.07) is 34.5. The van der Waals surface area contributed by atoms with Crippen LogP contribution in [0, 0.1) is 0 Å². The van der Waals surface area contributed by atoms with E-state index in [9.17, 15) is 0 Å². The smallest absolute Gasteiger partial charge is 0.181 e. The van der Waals surface area contributed by atoms with Gasteiger partial charge in [0.15, 0.2) is 7.41 Å². The molecule has 0 amide bonds. The highest BCUT2D eigenvalue weighted by atomic mass is 127. The molecule has 0 saturated heterocycles. The van der Waals surface area contributed by atoms with Crippen molar-refractivity contribution in [2.45, 2.75) is 45.1 Å². The molecule has 3 aromatic rings. The summed E-state index contributed by atoms with van der Waals surface area (Å²) in [6.07, 6.45) is 6.75. The third-order valence-corrected chi connectivity index (χ3v) is 10.6. The van der Waals surface area contributed by atoms with E-state index in [1.54, 1.807) is 0 Å². The van der Waals surface area contributed by atoms with E-state index in [-0.39, 0.29) is 24.0 Å². The standard InChI is InChI=1S/C26H31NP.HI/c1-2-27(23-15-7-3-8-16-23)28(24-17-9-4-10-18-24,25-19-11-5-12-20-25)26-21-13-6-14-22-26;/h4-6,9-14,17-23H,2-3,7-8,15-16H2,1H3;1H/q+1;/p-1. The Morgan fingerprint density at radius 1 is 0.655 bits per heavy atom. The van der Waals surface area contributed by atoms with Gasteiger partial charge in [-0.15, -0.1) is 0 Å². The molecule has 0 aliphatic heterocycles. The van der Waals surface area contributed by atoms with Gasteiger partial charge in [0.2, 0.25) is 0 Å². The van der Waals surface area contributed by atoms with E-state index in [0.717, 1.165) is 6.54 Å². The van der Waals surface area contributed by atoms with Gasteiger partial charge in [-0.1, -0.05) is 73.9 Å². The van der Waals surface area contributed by atoms with E-state index in [2.05, 4.69) is 103 Å². The van der Waals surface area contributed by atoms with Gasteiger partial charge in [0.1, 0.15) is 15.9 Å². The second kappa shape index (κ2) is 10.7. The van der Waals surface area contributed by atoms with Gasteiger partial charge < -0.3 is 24.0 Å². The lowest BCUT2D eigenvalue weighted by molar-refractivity contribution is -0.00000577. The fourth-order valence-electron chi connectivity index (χ4n) is 4.92. The van der Waals surface area contributed by atoms with E-state index < -0.39 is 7.41 Å². The molecule has 1 saturated carbocycles. The first-order valence-electron chi connectivity index (χ1n) is 10.7. The number of benzene rings is 3. The van der Waals surface area contributed by atoms with Gasteiger partial charge in [-0.25, -0.2) is 0 Å². The Hall–Kier alpha value is -1.22. The van der Waals surface area contributed by atoms with Crippen molar-refractivity contribution in [3.05, 3.63) is 91.0 Å². The number of nitrogens with zero attached hydrogens (tertiary/aromatic N) is 1. The zero-order valence-electron chi connectivity index (χ0n) is 17.3. The molecule has 1 fully saturated rings. The molecule has 1 nitrogen and oxygen atoms in total. The normalized spacial score (nSPS) is 15.1. The van der Waals surface area contributed by atoms with Crippen LogP contribution >= 0.6 is 7.41 Å². The molecule has 1 aliphatic rings. The topological polar surface area (TPSA) is 3.24 Å². The number of rotatable bonds is 6. The molecule has 0 atom stereocenters. The Balaban J connectivity index is 0.00000240. The summed E-state index contributed by atoms with van der Waals surface area (Å²) in [5, 5.41) is 4.42. The molecule has 4 rings (SSSR count). The number of halogens is 1. The van der Waals surface area contributed by atoms with Gasteiger partial charge in [-0.05, 0) is 56.2 Å². The third kappa shape index (κ3) is 4.45. The Labute approximate surface area is 194 Å². The van der Waals surface area contributed by atoms with Gasteiger partial charge >= 0.3 is 0 Å². The van der Waals surface area contributed by atoms with Crippen molar-refractivity contribution >= 4 is 23.3 Å². The minimum absolute atomic E-state index is 0. The zero-order valence-corrected chi connectivity index (χ0v) is 20.3. The van der Waals surface area contributed by atoms with E-state index >= 15 is 0 Å². The Morgan fingerprint density at radius 2 is 1.03 bits per heavy atom. The molecule has 0 bridgehead atoms. The van der Waals surface area contributed by atoms with Crippen molar-refractivity contribution < 1.29 is 24.0 Å². The van der Waals surface area contributed by atoms with Gasteiger partial charge in [0, 0.05) is 12.6 Å². The predicted molar refractivity (Wildman–Crippen MR) is 124 cm³/mol. The SMILES string of the molecule is CCN(C1CCCCC1)[P+](c1ccccc1)(c1ccccc1)c1ccccc1.[I-]. The molecule has 0 spiro atoms. The number of hydrogen-bond donors (Lipinski definition) is 0. The van der Waals surface area contributed by atoms with Crippen molar-refractivity contribution in [1.29, 1.82) is 0 Å². The first kappa shape index (κ1) is 22.5. The summed E-state index contributed by atoms with van der Waals surface area (Å²) in [5.74, 6) is 0. The molecule has 0 radical (unpaired) electrons. The van der Waals surface area contributed by atoms with Crippen LogP contribution in [0.1, 0.15) is 39.0 Å². The Kier molecular flexibility index (Phi) is 8.29. The quantitative estimate of drug-likeness (QED) is 0.361. The Bertz CT molecular complexity index is 751. The second-order valence-electron chi connectivity index (χ2n) is 7.69. The first-order valence-corrected chi connectivity index (χ1v) is 12.4. The molecule has 3 aromatic carbocycles. The molecule has 0 aromatic heterocycles. The van der Waals surface area contributed by atoms with Gasteiger partial charge in [0.05, 0.1) is 0 Å². The maximum Gasteiger partial charge on any atom is 0.181 e. The monoisotopic (exact) mass is 515 g/mol. The molecule has 0 unspecified atom stereocenters. The first-order chi connectivity index (χ1) is 13.9. The van der Waals surface area contributed by atoms with Crippen molar-refractivity contribution in [2.75, 3.05) is 6.54 Å². The average Bonchev–Trinajstić information content (AvgIpc) is 2.80. The predicted octanol–water partition coefficient (Wildman–Crippen LogP) is 2.55. The van der Waals surface area contributed by atoms with Crippen molar-refractivity contribution in [3.8, 4) is 0 Å². The van der Waals surface area contributed by atoms with Crippen LogP contribution in [0.5, 0.6) is 0 Å². The van der Waals surface area contributed by atoms with E-state index in [1.165, 1.54) is 48.0 Å². The van der Waals surface area contributed by atoms with Crippen molar-refractivity contribution in [1.82, 2.24) is 4.67 Å². The van der Waals surface area contributed by atoms with Crippen LogP contribution in [-0.2, 0) is 0 Å². The van der Waals surface area contributed by atoms with E-state index in [4.69, 9.17) is 0 Å². The summed E-state index contributed by atoms with van der Waals surface area (Å²) in [6.45, 7) is 3.44. The maximum atomic E-state index is 2.89.